The molecule has 0 saturated heterocycles. The Balaban J connectivity index is 2.21. The largest absolute Gasteiger partial charge is 0.480 e. The minimum absolute atomic E-state index is 0.249. The molecule has 1 heterocycles. The molecule has 4 nitrogen and oxygen atoms in total. The number of aliphatic carboxylic acids is 1. The summed E-state index contributed by atoms with van der Waals surface area (Å²) >= 11 is 1.26. The van der Waals surface area contributed by atoms with E-state index in [0.29, 0.717) is 5.16 Å². The molecule has 2 rings (SSSR count). The fourth-order valence-electron chi connectivity index (χ4n) is 1.60. The van der Waals surface area contributed by atoms with Gasteiger partial charge in [0.25, 0.3) is 0 Å². The second-order valence-corrected chi connectivity index (χ2v) is 5.69. The van der Waals surface area contributed by atoms with E-state index < -0.39 is 10.7 Å². The van der Waals surface area contributed by atoms with E-state index in [0.717, 1.165) is 18.5 Å². The number of hydrogen-bond acceptors (Lipinski definition) is 4. The highest BCUT2D eigenvalue weighted by Crippen LogP contribution is 2.49. The molecule has 0 aromatic carbocycles. The first-order valence-corrected chi connectivity index (χ1v) is 6.06. The van der Waals surface area contributed by atoms with Gasteiger partial charge in [-0.2, -0.15) is 0 Å². The van der Waals surface area contributed by atoms with E-state index in [9.17, 15) is 9.90 Å². The van der Waals surface area contributed by atoms with Crippen molar-refractivity contribution in [1.29, 1.82) is 0 Å². The third kappa shape index (κ3) is 2.19. The summed E-state index contributed by atoms with van der Waals surface area (Å²) in [7, 11) is 0. The molecule has 1 aromatic rings. The van der Waals surface area contributed by atoms with Crippen LogP contribution in [0.5, 0.6) is 0 Å². The fraction of sp³-hybridized carbons (Fsp3) is 0.545. The van der Waals surface area contributed by atoms with Gasteiger partial charge in [0.1, 0.15) is 4.75 Å². The van der Waals surface area contributed by atoms with Crippen molar-refractivity contribution in [1.82, 2.24) is 9.97 Å². The van der Waals surface area contributed by atoms with Crippen LogP contribution in [-0.4, -0.2) is 25.8 Å². The molecular formula is C11H14N2O2S. The fourth-order valence-corrected chi connectivity index (χ4v) is 2.77. The molecule has 1 aliphatic rings. The van der Waals surface area contributed by atoms with E-state index in [2.05, 4.69) is 9.97 Å². The average Bonchev–Trinajstić information content (AvgIpc) is 3.00. The van der Waals surface area contributed by atoms with Gasteiger partial charge < -0.3 is 5.11 Å². The van der Waals surface area contributed by atoms with Crippen LogP contribution in [0.1, 0.15) is 25.5 Å². The van der Waals surface area contributed by atoms with Crippen molar-refractivity contribution >= 4 is 17.7 Å². The Labute approximate surface area is 98.5 Å². The number of nitrogens with zero attached hydrogens (tertiary/aromatic N) is 2. The van der Waals surface area contributed by atoms with E-state index in [1.807, 2.05) is 6.92 Å². The highest BCUT2D eigenvalue weighted by atomic mass is 32.2. The van der Waals surface area contributed by atoms with E-state index in [1.54, 1.807) is 19.2 Å². The molecule has 1 fully saturated rings. The molecule has 1 aromatic heterocycles. The second-order valence-electron chi connectivity index (χ2n) is 4.27. The molecule has 1 saturated carbocycles. The van der Waals surface area contributed by atoms with Gasteiger partial charge in [0.15, 0.2) is 5.16 Å². The maximum atomic E-state index is 11.3. The number of carboxylic acid groups (broad SMARTS) is 1. The molecule has 1 N–H and O–H groups in total. The lowest BCUT2D eigenvalue weighted by Gasteiger charge is -2.22. The van der Waals surface area contributed by atoms with E-state index in [4.69, 9.17) is 0 Å². The number of carboxylic acids is 1. The number of carbonyl (C=O) groups is 1. The minimum atomic E-state index is -0.784. The number of rotatable bonds is 4. The summed E-state index contributed by atoms with van der Waals surface area (Å²) in [6, 6.07) is 1.80. The molecule has 1 atom stereocenters. The second kappa shape index (κ2) is 4.05. The van der Waals surface area contributed by atoms with Gasteiger partial charge in [-0.1, -0.05) is 11.8 Å². The Hall–Kier alpha value is -1.10. The van der Waals surface area contributed by atoms with Gasteiger partial charge in [-0.15, -0.1) is 0 Å². The zero-order chi connectivity index (χ0) is 11.8. The Bertz CT molecular complexity index is 420. The van der Waals surface area contributed by atoms with Crippen molar-refractivity contribution in [2.45, 2.75) is 36.6 Å². The molecule has 86 valence electrons. The van der Waals surface area contributed by atoms with Crippen molar-refractivity contribution in [3.63, 3.8) is 0 Å². The molecule has 0 spiro atoms. The average molecular weight is 238 g/mol. The van der Waals surface area contributed by atoms with E-state index >= 15 is 0 Å². The Morgan fingerprint density at radius 2 is 2.31 bits per heavy atom. The first-order valence-electron chi connectivity index (χ1n) is 5.24. The standard InChI is InChI=1S/C11H14N2O2S/c1-7-5-6-12-10(13-7)16-11(2,9(14)15)8-3-4-8/h5-6,8H,3-4H2,1-2H3,(H,14,15). The van der Waals surface area contributed by atoms with Gasteiger partial charge >= 0.3 is 5.97 Å². The van der Waals surface area contributed by atoms with Crippen LogP contribution < -0.4 is 0 Å². The molecule has 0 radical (unpaired) electrons. The molecule has 1 unspecified atom stereocenters. The Kier molecular flexibility index (Phi) is 2.88. The van der Waals surface area contributed by atoms with Crippen molar-refractivity contribution < 1.29 is 9.90 Å². The van der Waals surface area contributed by atoms with Gasteiger partial charge in [0.2, 0.25) is 0 Å². The van der Waals surface area contributed by atoms with Crippen molar-refractivity contribution in [3.05, 3.63) is 18.0 Å². The summed E-state index contributed by atoms with van der Waals surface area (Å²) in [5.74, 6) is -0.524. The summed E-state index contributed by atoms with van der Waals surface area (Å²) in [5, 5.41) is 9.85. The topological polar surface area (TPSA) is 63.1 Å². The van der Waals surface area contributed by atoms with Crippen LogP contribution in [0.4, 0.5) is 0 Å². The van der Waals surface area contributed by atoms with Crippen LogP contribution >= 0.6 is 11.8 Å². The predicted octanol–water partition coefficient (Wildman–Crippen LogP) is 2.13. The lowest BCUT2D eigenvalue weighted by Crippen LogP contribution is -2.34. The summed E-state index contributed by atoms with van der Waals surface area (Å²) < 4.78 is -0.784. The number of aryl methyl sites for hydroxylation is 1. The summed E-state index contributed by atoms with van der Waals surface area (Å²) in [6.45, 7) is 3.64. The van der Waals surface area contributed by atoms with Crippen molar-refractivity contribution in [3.8, 4) is 0 Å². The third-order valence-corrected chi connectivity index (χ3v) is 4.17. The maximum Gasteiger partial charge on any atom is 0.320 e. The van der Waals surface area contributed by atoms with Crippen LogP contribution in [-0.2, 0) is 4.79 Å². The molecule has 0 bridgehead atoms. The monoisotopic (exact) mass is 238 g/mol. The Morgan fingerprint density at radius 1 is 1.62 bits per heavy atom. The van der Waals surface area contributed by atoms with Crippen LogP contribution in [0.2, 0.25) is 0 Å². The molecule has 0 amide bonds. The van der Waals surface area contributed by atoms with E-state index in [1.165, 1.54) is 11.8 Å². The van der Waals surface area contributed by atoms with Gasteiger partial charge in [0, 0.05) is 11.9 Å². The normalized spacial score (nSPS) is 19.1. The van der Waals surface area contributed by atoms with Crippen LogP contribution in [0.15, 0.2) is 17.4 Å². The summed E-state index contributed by atoms with van der Waals surface area (Å²) in [5.41, 5.74) is 0.862. The SMILES string of the molecule is Cc1ccnc(SC(C)(C(=O)O)C2CC2)n1. The van der Waals surface area contributed by atoms with Gasteiger partial charge in [-0.05, 0) is 38.7 Å². The zero-order valence-corrected chi connectivity index (χ0v) is 10.1. The van der Waals surface area contributed by atoms with Gasteiger partial charge in [0.05, 0.1) is 0 Å². The van der Waals surface area contributed by atoms with Crippen LogP contribution in [0.3, 0.4) is 0 Å². The highest BCUT2D eigenvalue weighted by Gasteiger charge is 2.49. The molecular weight excluding hydrogens is 224 g/mol. The smallest absolute Gasteiger partial charge is 0.320 e. The zero-order valence-electron chi connectivity index (χ0n) is 9.30. The number of hydrogen-bond donors (Lipinski definition) is 1. The third-order valence-electron chi connectivity index (χ3n) is 2.86. The summed E-state index contributed by atoms with van der Waals surface area (Å²) in [4.78, 5) is 19.7. The summed E-state index contributed by atoms with van der Waals surface area (Å²) in [6.07, 6.45) is 3.64. The molecule has 0 aliphatic heterocycles. The lowest BCUT2D eigenvalue weighted by molar-refractivity contribution is -0.140. The quantitative estimate of drug-likeness (QED) is 0.643. The van der Waals surface area contributed by atoms with Crippen molar-refractivity contribution in [2.24, 2.45) is 5.92 Å². The van der Waals surface area contributed by atoms with Gasteiger partial charge in [-0.3, -0.25) is 4.79 Å². The molecule has 16 heavy (non-hydrogen) atoms. The first-order chi connectivity index (χ1) is 7.52. The van der Waals surface area contributed by atoms with E-state index in [-0.39, 0.29) is 5.92 Å². The Morgan fingerprint density at radius 3 is 2.81 bits per heavy atom. The predicted molar refractivity (Wildman–Crippen MR) is 61.4 cm³/mol. The maximum absolute atomic E-state index is 11.3. The van der Waals surface area contributed by atoms with Gasteiger partial charge in [-0.25, -0.2) is 9.97 Å². The van der Waals surface area contributed by atoms with Crippen LogP contribution in [0, 0.1) is 12.8 Å². The lowest BCUT2D eigenvalue weighted by atomic mass is 10.1. The number of aromatic nitrogens is 2. The van der Waals surface area contributed by atoms with Crippen molar-refractivity contribution in [2.75, 3.05) is 0 Å². The van der Waals surface area contributed by atoms with Crippen LogP contribution in [0.25, 0.3) is 0 Å². The molecule has 1 aliphatic carbocycles. The first kappa shape index (κ1) is 11.4. The minimum Gasteiger partial charge on any atom is -0.480 e. The molecule has 5 heteroatoms. The number of thioether (sulfide) groups is 1. The highest BCUT2D eigenvalue weighted by molar-refractivity contribution is 8.01.